The number of benzene rings is 2. The average molecular weight is 988 g/mol. The van der Waals surface area contributed by atoms with Gasteiger partial charge in [0.15, 0.2) is 0 Å². The summed E-state index contributed by atoms with van der Waals surface area (Å²) < 4.78 is 8.33. The molecular weight excluding hydrogens is 923 g/mol. The predicted molar refractivity (Wildman–Crippen MR) is 276 cm³/mol. The molecule has 2 aromatic heterocycles. The highest BCUT2D eigenvalue weighted by atomic mass is 32.1. The SMILES string of the molecule is C=CC(=O)N1CC[C@H](C(=O)N(C)[C@H](C(=O)N[C@H]2Cc3cc(O)cc(c3)-c3ccc4c(c3)c(c(-c3cncs3)n4CC)CC(C)(C)COC(=O)[C@@H]3CCCN(N3)C2=O)C(C)C)C1.S.S.S.S. The molecule has 0 aliphatic carbocycles. The van der Waals surface area contributed by atoms with Crippen molar-refractivity contribution in [1.29, 1.82) is 0 Å². The highest BCUT2D eigenvalue weighted by molar-refractivity contribution is 7.59. The Labute approximate surface area is 413 Å². The molecule has 0 spiro atoms. The number of hydrazine groups is 1. The van der Waals surface area contributed by atoms with Crippen molar-refractivity contribution in [3.63, 3.8) is 0 Å². The molecule has 4 atom stereocenters. The van der Waals surface area contributed by atoms with Crippen molar-refractivity contribution in [1.82, 2.24) is 35.1 Å². The maximum atomic E-state index is 14.6. The number of nitrogens with zero attached hydrogens (tertiary/aromatic N) is 5. The Morgan fingerprint density at radius 1 is 1.08 bits per heavy atom. The van der Waals surface area contributed by atoms with Crippen molar-refractivity contribution in [2.45, 2.75) is 91.4 Å². The van der Waals surface area contributed by atoms with E-state index >= 15 is 0 Å². The summed E-state index contributed by atoms with van der Waals surface area (Å²) in [5.41, 5.74) is 9.88. The van der Waals surface area contributed by atoms with Crippen molar-refractivity contribution in [2.24, 2.45) is 17.3 Å². The van der Waals surface area contributed by atoms with Gasteiger partial charge in [0.25, 0.3) is 5.91 Å². The van der Waals surface area contributed by atoms with Crippen LogP contribution in [0.2, 0.25) is 0 Å². The third-order valence-electron chi connectivity index (χ3n) is 12.2. The molecule has 2 aromatic carbocycles. The van der Waals surface area contributed by atoms with Crippen LogP contribution in [0.15, 0.2) is 60.8 Å². The first-order chi connectivity index (χ1) is 29.1. The van der Waals surface area contributed by atoms with E-state index in [1.54, 1.807) is 35.4 Å². The number of ether oxygens (including phenoxy) is 1. The zero-order valence-corrected chi connectivity index (χ0v) is 42.7. The number of esters is 1. The minimum Gasteiger partial charge on any atom is -0.508 e. The normalized spacial score (nSPS) is 19.9. The lowest BCUT2D eigenvalue weighted by molar-refractivity contribution is -0.155. The van der Waals surface area contributed by atoms with Gasteiger partial charge in [0, 0.05) is 62.2 Å². The molecule has 5 heterocycles. The lowest BCUT2D eigenvalue weighted by Gasteiger charge is -2.37. The Morgan fingerprint density at radius 3 is 2.48 bits per heavy atom. The second kappa shape index (κ2) is 23.0. The number of fused-ring (bicyclic) bond motifs is 6. The number of aryl methyl sites for hydroxylation is 1. The fourth-order valence-corrected chi connectivity index (χ4v) is 9.92. The molecule has 4 amide bonds. The number of thiazole rings is 1. The summed E-state index contributed by atoms with van der Waals surface area (Å²) in [5.74, 6) is -2.78. The van der Waals surface area contributed by atoms with Crippen molar-refractivity contribution in [3.05, 3.63) is 71.9 Å². The molecule has 0 saturated carbocycles. The summed E-state index contributed by atoms with van der Waals surface area (Å²) in [5, 5.41) is 16.6. The Kier molecular flexibility index (Phi) is 19.6. The number of aromatic nitrogens is 2. The van der Waals surface area contributed by atoms with Gasteiger partial charge in [0.2, 0.25) is 17.7 Å². The van der Waals surface area contributed by atoms with E-state index in [1.165, 1.54) is 16.0 Å². The number of carbonyl (C=O) groups excluding carboxylic acids is 5. The van der Waals surface area contributed by atoms with Gasteiger partial charge in [0.05, 0.1) is 28.6 Å². The molecule has 0 radical (unpaired) electrons. The lowest BCUT2D eigenvalue weighted by atomic mass is 9.85. The van der Waals surface area contributed by atoms with E-state index in [2.05, 4.69) is 59.8 Å². The van der Waals surface area contributed by atoms with Gasteiger partial charge >= 0.3 is 5.97 Å². The van der Waals surface area contributed by atoms with Gasteiger partial charge in [-0.2, -0.15) is 54.0 Å². The van der Waals surface area contributed by atoms with E-state index < -0.39 is 47.2 Å². The van der Waals surface area contributed by atoms with Gasteiger partial charge in [-0.1, -0.05) is 46.4 Å². The van der Waals surface area contributed by atoms with Crippen molar-refractivity contribution >= 4 is 106 Å². The van der Waals surface area contributed by atoms with Crippen molar-refractivity contribution in [2.75, 3.05) is 33.3 Å². The Bertz CT molecular complexity index is 2350. The maximum absolute atomic E-state index is 14.6. The fraction of sp³-hybridized carbons (Fsp3) is 0.478. The van der Waals surface area contributed by atoms with Gasteiger partial charge in [-0.25, -0.2) is 5.43 Å². The molecule has 3 aliphatic heterocycles. The van der Waals surface area contributed by atoms with E-state index in [9.17, 15) is 29.1 Å². The topological polar surface area (TPSA) is 166 Å². The van der Waals surface area contributed by atoms with Crippen LogP contribution in [-0.4, -0.2) is 110 Å². The quantitative estimate of drug-likeness (QED) is 0.147. The molecule has 0 unspecified atom stereocenters. The third-order valence-corrected chi connectivity index (χ3v) is 13.0. The smallest absolute Gasteiger partial charge is 0.324 e. The van der Waals surface area contributed by atoms with E-state index in [1.807, 2.05) is 37.7 Å². The van der Waals surface area contributed by atoms with Gasteiger partial charge in [-0.05, 0) is 91.1 Å². The summed E-state index contributed by atoms with van der Waals surface area (Å²) in [6, 6.07) is 8.58. The highest BCUT2D eigenvalue weighted by Crippen LogP contribution is 2.41. The number of hydrogen-bond donors (Lipinski definition) is 3. The van der Waals surface area contributed by atoms with Crippen molar-refractivity contribution < 1.29 is 33.8 Å². The molecular formula is C46H65N7O7S5. The molecule has 19 heteroatoms. The minimum absolute atomic E-state index is 0. The first-order valence-corrected chi connectivity index (χ1v) is 22.1. The van der Waals surface area contributed by atoms with Crippen LogP contribution in [0.5, 0.6) is 5.75 Å². The van der Waals surface area contributed by atoms with Gasteiger partial charge in [-0.15, -0.1) is 11.3 Å². The number of carbonyl (C=O) groups is 5. The number of aromatic hydroxyl groups is 1. The Morgan fingerprint density at radius 2 is 1.82 bits per heavy atom. The standard InChI is InChI=1S/C46H57N7O7S.4H2S/c1-8-39(55)51-16-14-30(24-51)43(57)50(7)40(27(3)4)42(56)48-36-19-28-17-31(20-32(54)18-28)29-12-13-37-33(21-29)34(41(52(37)9-2)38-23-47-26-61-38)22-46(5,6)25-60-45(59)35-11-10-15-53(49-35)44(36)58;;;;/h8,12-13,17-18,20-21,23,26-27,30,35-36,40,49,54H,1,9-11,14-16,19,22,24-25H2,2-7H3,(H,48,56);4*1H2/t30-,35-,36-,40-;;;;/m0..../s1. The van der Waals surface area contributed by atoms with Crippen LogP contribution in [-0.2, 0) is 48.1 Å². The molecule has 14 nitrogen and oxygen atoms in total. The van der Waals surface area contributed by atoms with E-state index in [0.29, 0.717) is 37.8 Å². The van der Waals surface area contributed by atoms with Crippen LogP contribution in [0.25, 0.3) is 32.6 Å². The van der Waals surface area contributed by atoms with E-state index in [-0.39, 0.29) is 104 Å². The van der Waals surface area contributed by atoms with Gasteiger partial charge in [-0.3, -0.25) is 34.0 Å². The predicted octanol–water partition coefficient (Wildman–Crippen LogP) is 5.77. The molecule has 356 valence electrons. The lowest BCUT2D eigenvalue weighted by Crippen LogP contribution is -2.62. The maximum Gasteiger partial charge on any atom is 0.324 e. The largest absolute Gasteiger partial charge is 0.508 e. The summed E-state index contributed by atoms with van der Waals surface area (Å²) in [6.07, 6.45) is 5.16. The van der Waals surface area contributed by atoms with Crippen LogP contribution in [0.1, 0.15) is 65.0 Å². The van der Waals surface area contributed by atoms with E-state index in [4.69, 9.17) is 4.74 Å². The number of cyclic esters (lactones) is 1. The number of amides is 4. The summed E-state index contributed by atoms with van der Waals surface area (Å²) >= 11 is 1.57. The Balaban J connectivity index is 0.00000281. The summed E-state index contributed by atoms with van der Waals surface area (Å²) in [7, 11) is 1.58. The molecule has 2 fully saturated rings. The second-order valence-electron chi connectivity index (χ2n) is 17.7. The number of rotatable bonds is 8. The monoisotopic (exact) mass is 987 g/mol. The molecule has 3 N–H and O–H groups in total. The number of likely N-dealkylation sites (tertiary alicyclic amines) is 1. The van der Waals surface area contributed by atoms with E-state index in [0.717, 1.165) is 44.7 Å². The number of phenols is 1. The Hall–Kier alpha value is -4.14. The molecule has 7 rings (SSSR count). The minimum atomic E-state index is -1.14. The molecule has 3 aliphatic rings. The molecule has 4 aromatic rings. The summed E-state index contributed by atoms with van der Waals surface area (Å²) in [4.78, 5) is 77.3. The fourth-order valence-electron chi connectivity index (χ4n) is 9.22. The van der Waals surface area contributed by atoms with Gasteiger partial charge < -0.3 is 29.5 Å². The third kappa shape index (κ3) is 11.9. The summed E-state index contributed by atoms with van der Waals surface area (Å²) in [6.45, 7) is 15.3. The molecule has 2 saturated heterocycles. The van der Waals surface area contributed by atoms with Crippen molar-refractivity contribution in [3.8, 4) is 27.4 Å². The van der Waals surface area contributed by atoms with Crippen LogP contribution >= 0.6 is 65.3 Å². The molecule has 6 bridgehead atoms. The number of phenolic OH excluding ortho intramolecular Hbond substituents is 1. The second-order valence-corrected chi connectivity index (χ2v) is 18.6. The van der Waals surface area contributed by atoms with Crippen LogP contribution in [0.3, 0.4) is 0 Å². The zero-order valence-electron chi connectivity index (χ0n) is 37.9. The zero-order chi connectivity index (χ0) is 43.7. The van der Waals surface area contributed by atoms with Crippen LogP contribution < -0.4 is 10.7 Å². The average Bonchev–Trinajstić information content (AvgIpc) is 4.01. The first kappa shape index (κ1) is 55.2. The van der Waals surface area contributed by atoms with Gasteiger partial charge in [0.1, 0.15) is 23.9 Å². The first-order valence-electron chi connectivity index (χ1n) is 21.2. The number of nitrogens with one attached hydrogen (secondary N) is 2. The highest BCUT2D eigenvalue weighted by Gasteiger charge is 2.40. The molecule has 65 heavy (non-hydrogen) atoms. The van der Waals surface area contributed by atoms with Crippen LogP contribution in [0, 0.1) is 17.3 Å². The van der Waals surface area contributed by atoms with Crippen LogP contribution in [0.4, 0.5) is 0 Å². The number of hydrogen-bond acceptors (Lipinski definition) is 10. The number of likely N-dealkylation sites (N-methyl/N-ethyl adjacent to an activating group) is 1.